The van der Waals surface area contributed by atoms with Crippen LogP contribution in [-0.4, -0.2) is 50.5 Å². The number of benzene rings is 3. The lowest BCUT2D eigenvalue weighted by Gasteiger charge is -2.32. The Morgan fingerprint density at radius 2 is 1.56 bits per heavy atom. The first-order valence-electron chi connectivity index (χ1n) is 12.7. The largest absolute Gasteiger partial charge is 0.355 e. The highest BCUT2D eigenvalue weighted by molar-refractivity contribution is 7.92. The molecule has 0 aliphatic rings. The lowest BCUT2D eigenvalue weighted by molar-refractivity contribution is -0.141. The Labute approximate surface area is 240 Å². The standard InChI is InChI=1S/C29H33Cl2N3O4S/c1-3-32-29(36)27(20-22-10-5-4-6-11-22)33(21-23-12-7-8-13-26(23)31)28(35)14-9-19-34(39(2,37)38)25-17-15-24(30)16-18-25/h4-8,10-13,15-18,27H,3,9,14,19-21H2,1-2H3,(H,32,36). The molecule has 0 radical (unpaired) electrons. The normalized spacial score (nSPS) is 12.0. The second kappa shape index (κ2) is 14.4. The minimum absolute atomic E-state index is 0.0365. The van der Waals surface area contributed by atoms with Gasteiger partial charge in [0.05, 0.1) is 11.9 Å². The number of sulfonamides is 1. The first-order chi connectivity index (χ1) is 18.6. The van der Waals surface area contributed by atoms with Crippen molar-refractivity contribution >= 4 is 50.7 Å². The predicted molar refractivity (Wildman–Crippen MR) is 157 cm³/mol. The molecule has 0 fully saturated rings. The molecule has 1 N–H and O–H groups in total. The molecule has 1 atom stereocenters. The summed E-state index contributed by atoms with van der Waals surface area (Å²) in [5, 5.41) is 3.85. The third kappa shape index (κ3) is 8.98. The average Bonchev–Trinajstić information content (AvgIpc) is 2.90. The highest BCUT2D eigenvalue weighted by Crippen LogP contribution is 2.23. The summed E-state index contributed by atoms with van der Waals surface area (Å²) in [6.07, 6.45) is 1.73. The molecule has 10 heteroatoms. The Bertz CT molecular complexity index is 1350. The van der Waals surface area contributed by atoms with Gasteiger partial charge in [-0.1, -0.05) is 71.7 Å². The third-order valence-electron chi connectivity index (χ3n) is 6.19. The lowest BCUT2D eigenvalue weighted by Crippen LogP contribution is -2.50. The number of likely N-dealkylation sites (N-methyl/N-ethyl adjacent to an activating group) is 1. The van der Waals surface area contributed by atoms with Crippen molar-refractivity contribution in [3.8, 4) is 0 Å². The van der Waals surface area contributed by atoms with E-state index in [1.807, 2.05) is 49.4 Å². The van der Waals surface area contributed by atoms with Crippen LogP contribution in [0.25, 0.3) is 0 Å². The van der Waals surface area contributed by atoms with Gasteiger partial charge in [0.15, 0.2) is 0 Å². The number of halogens is 2. The van der Waals surface area contributed by atoms with Crippen molar-refractivity contribution in [2.75, 3.05) is 23.7 Å². The first-order valence-corrected chi connectivity index (χ1v) is 15.3. The number of nitrogens with one attached hydrogen (secondary N) is 1. The number of amides is 2. The zero-order valence-corrected chi connectivity index (χ0v) is 24.3. The van der Waals surface area contributed by atoms with Gasteiger partial charge in [-0.2, -0.15) is 0 Å². The molecule has 7 nitrogen and oxygen atoms in total. The van der Waals surface area contributed by atoms with E-state index in [1.54, 1.807) is 41.3 Å². The van der Waals surface area contributed by atoms with Crippen LogP contribution in [0.5, 0.6) is 0 Å². The minimum Gasteiger partial charge on any atom is -0.355 e. The quantitative estimate of drug-likeness (QED) is 0.292. The van der Waals surface area contributed by atoms with Crippen LogP contribution in [0.1, 0.15) is 30.9 Å². The van der Waals surface area contributed by atoms with Gasteiger partial charge in [-0.05, 0) is 54.8 Å². The molecule has 0 heterocycles. The van der Waals surface area contributed by atoms with Crippen LogP contribution in [0.15, 0.2) is 78.9 Å². The maximum absolute atomic E-state index is 13.7. The average molecular weight is 591 g/mol. The maximum Gasteiger partial charge on any atom is 0.243 e. The lowest BCUT2D eigenvalue weighted by atomic mass is 10.0. The Morgan fingerprint density at radius 3 is 2.18 bits per heavy atom. The summed E-state index contributed by atoms with van der Waals surface area (Å²) in [5.41, 5.74) is 2.09. The van der Waals surface area contributed by atoms with E-state index >= 15 is 0 Å². The van der Waals surface area contributed by atoms with E-state index < -0.39 is 16.1 Å². The van der Waals surface area contributed by atoms with Gasteiger partial charge in [0.25, 0.3) is 0 Å². The van der Waals surface area contributed by atoms with Crippen molar-refractivity contribution in [3.63, 3.8) is 0 Å². The van der Waals surface area contributed by atoms with Gasteiger partial charge in [-0.15, -0.1) is 0 Å². The maximum atomic E-state index is 13.7. The number of carbonyl (C=O) groups excluding carboxylic acids is 2. The van der Waals surface area contributed by atoms with Crippen LogP contribution in [0, 0.1) is 0 Å². The summed E-state index contributed by atoms with van der Waals surface area (Å²) in [5.74, 6) is -0.535. The van der Waals surface area contributed by atoms with Crippen molar-refractivity contribution in [1.29, 1.82) is 0 Å². The zero-order chi connectivity index (χ0) is 28.4. The van der Waals surface area contributed by atoms with Gasteiger partial charge < -0.3 is 10.2 Å². The van der Waals surface area contributed by atoms with Gasteiger partial charge in [0.2, 0.25) is 21.8 Å². The molecule has 208 valence electrons. The van der Waals surface area contributed by atoms with Gasteiger partial charge in [-0.3, -0.25) is 13.9 Å². The Hall–Kier alpha value is -3.07. The van der Waals surface area contributed by atoms with Crippen molar-refractivity contribution in [2.45, 2.75) is 38.8 Å². The summed E-state index contributed by atoms with van der Waals surface area (Å²) in [6.45, 7) is 2.48. The van der Waals surface area contributed by atoms with E-state index in [0.717, 1.165) is 11.8 Å². The summed E-state index contributed by atoms with van der Waals surface area (Å²) in [7, 11) is -3.60. The molecule has 0 spiro atoms. The highest BCUT2D eigenvalue weighted by Gasteiger charge is 2.30. The van der Waals surface area contributed by atoms with Crippen LogP contribution >= 0.6 is 23.2 Å². The van der Waals surface area contributed by atoms with E-state index in [4.69, 9.17) is 23.2 Å². The van der Waals surface area contributed by atoms with E-state index in [0.29, 0.717) is 34.3 Å². The zero-order valence-electron chi connectivity index (χ0n) is 22.0. The van der Waals surface area contributed by atoms with E-state index in [1.165, 1.54) is 4.31 Å². The molecule has 2 amide bonds. The monoisotopic (exact) mass is 589 g/mol. The van der Waals surface area contributed by atoms with Crippen molar-refractivity contribution < 1.29 is 18.0 Å². The molecule has 0 saturated carbocycles. The number of hydrogen-bond acceptors (Lipinski definition) is 4. The van der Waals surface area contributed by atoms with Gasteiger partial charge in [0, 0.05) is 42.5 Å². The second-order valence-electron chi connectivity index (χ2n) is 9.13. The SMILES string of the molecule is CCNC(=O)C(Cc1ccccc1)N(Cc1ccccc1Cl)C(=O)CCCN(c1ccc(Cl)cc1)S(C)(=O)=O. The first kappa shape index (κ1) is 30.5. The summed E-state index contributed by atoms with van der Waals surface area (Å²) < 4.78 is 26.3. The van der Waals surface area contributed by atoms with E-state index in [-0.39, 0.29) is 37.7 Å². The van der Waals surface area contributed by atoms with E-state index in [9.17, 15) is 18.0 Å². The fourth-order valence-corrected chi connectivity index (χ4v) is 5.55. The summed E-state index contributed by atoms with van der Waals surface area (Å²) >= 11 is 12.4. The molecular weight excluding hydrogens is 557 g/mol. The molecule has 0 saturated heterocycles. The summed E-state index contributed by atoms with van der Waals surface area (Å²) in [4.78, 5) is 28.5. The van der Waals surface area contributed by atoms with Gasteiger partial charge in [-0.25, -0.2) is 8.42 Å². The fraction of sp³-hybridized carbons (Fsp3) is 0.310. The molecule has 3 aromatic rings. The van der Waals surface area contributed by atoms with Crippen LogP contribution in [0.4, 0.5) is 5.69 Å². The van der Waals surface area contributed by atoms with E-state index in [2.05, 4.69) is 5.32 Å². The molecule has 0 bridgehead atoms. The smallest absolute Gasteiger partial charge is 0.243 e. The van der Waals surface area contributed by atoms with Crippen molar-refractivity contribution in [3.05, 3.63) is 100 Å². The molecule has 3 rings (SSSR count). The Balaban J connectivity index is 1.86. The molecule has 0 aliphatic heterocycles. The van der Waals surface area contributed by atoms with Crippen molar-refractivity contribution in [2.24, 2.45) is 0 Å². The topological polar surface area (TPSA) is 86.8 Å². The fourth-order valence-electron chi connectivity index (χ4n) is 4.27. The number of rotatable bonds is 13. The summed E-state index contributed by atoms with van der Waals surface area (Å²) in [6, 6.07) is 22.4. The molecular formula is C29H33Cl2N3O4S. The Kier molecular flexibility index (Phi) is 11.2. The number of nitrogens with zero attached hydrogens (tertiary/aromatic N) is 2. The van der Waals surface area contributed by atoms with Crippen LogP contribution in [-0.2, 0) is 32.6 Å². The molecule has 3 aromatic carbocycles. The molecule has 1 unspecified atom stereocenters. The van der Waals surface area contributed by atoms with Crippen LogP contribution in [0.3, 0.4) is 0 Å². The number of hydrogen-bond donors (Lipinski definition) is 1. The molecule has 0 aliphatic carbocycles. The predicted octanol–water partition coefficient (Wildman–Crippen LogP) is 5.32. The van der Waals surface area contributed by atoms with Crippen LogP contribution < -0.4 is 9.62 Å². The Morgan fingerprint density at radius 1 is 0.923 bits per heavy atom. The minimum atomic E-state index is -3.60. The number of anilines is 1. The third-order valence-corrected chi connectivity index (χ3v) is 8.00. The van der Waals surface area contributed by atoms with Gasteiger partial charge >= 0.3 is 0 Å². The van der Waals surface area contributed by atoms with Crippen molar-refractivity contribution in [1.82, 2.24) is 10.2 Å². The second-order valence-corrected chi connectivity index (χ2v) is 11.9. The highest BCUT2D eigenvalue weighted by atomic mass is 35.5. The number of carbonyl (C=O) groups is 2. The van der Waals surface area contributed by atoms with Gasteiger partial charge in [0.1, 0.15) is 6.04 Å². The van der Waals surface area contributed by atoms with Crippen LogP contribution in [0.2, 0.25) is 10.0 Å². The molecule has 0 aromatic heterocycles. The molecule has 39 heavy (non-hydrogen) atoms.